The summed E-state index contributed by atoms with van der Waals surface area (Å²) in [4.78, 5) is 0. The lowest BCUT2D eigenvalue weighted by Gasteiger charge is -2.34. The largest absolute Gasteiger partial charge is 0.393 e. The van der Waals surface area contributed by atoms with E-state index in [-0.39, 0.29) is 11.5 Å². The molecule has 0 aromatic carbocycles. The molecule has 2 N–H and O–H groups in total. The van der Waals surface area contributed by atoms with Crippen molar-refractivity contribution in [2.45, 2.75) is 52.7 Å². The number of aliphatic hydroxyl groups is 2. The number of rotatable bonds is 0. The fourth-order valence-corrected chi connectivity index (χ4v) is 2.25. The zero-order chi connectivity index (χ0) is 11.6. The van der Waals surface area contributed by atoms with Crippen LogP contribution in [0.15, 0.2) is 11.1 Å². The predicted molar refractivity (Wildman–Crippen MR) is 61.2 cm³/mol. The summed E-state index contributed by atoms with van der Waals surface area (Å²) in [6, 6.07) is 0. The molecule has 0 amide bonds. The Kier molecular flexibility index (Phi) is 3.59. The zero-order valence-electron chi connectivity index (χ0n) is 9.96. The average molecular weight is 208 g/mol. The molecular formula is C13H20O2. The molecule has 0 heterocycles. The van der Waals surface area contributed by atoms with E-state index in [4.69, 9.17) is 5.11 Å². The summed E-state index contributed by atoms with van der Waals surface area (Å²) in [5.41, 5.74) is 2.14. The molecule has 2 nitrogen and oxygen atoms in total. The van der Waals surface area contributed by atoms with Gasteiger partial charge >= 0.3 is 0 Å². The summed E-state index contributed by atoms with van der Waals surface area (Å²) in [5.74, 6) is 5.83. The molecule has 1 aliphatic carbocycles. The monoisotopic (exact) mass is 208 g/mol. The molecule has 0 saturated carbocycles. The Balaban J connectivity index is 3.03. The van der Waals surface area contributed by atoms with Gasteiger partial charge in [0.05, 0.1) is 6.10 Å². The molecule has 0 radical (unpaired) electrons. The number of aliphatic hydroxyl groups excluding tert-OH is 2. The van der Waals surface area contributed by atoms with Gasteiger partial charge in [0.25, 0.3) is 0 Å². The van der Waals surface area contributed by atoms with Crippen molar-refractivity contribution in [2.75, 3.05) is 0 Å². The maximum atomic E-state index is 9.68. The van der Waals surface area contributed by atoms with E-state index < -0.39 is 6.10 Å². The standard InChI is InChI=1S/C13H20O2/c1-9-7-11(15)8-13(3,4)12(9)6-5-10(2)14/h10-11,14-15H,7-8H2,1-4H3/t10-,11+/m0/s1. The van der Waals surface area contributed by atoms with Gasteiger partial charge in [-0.15, -0.1) is 0 Å². The van der Waals surface area contributed by atoms with Gasteiger partial charge in [0.15, 0.2) is 0 Å². The van der Waals surface area contributed by atoms with Crippen LogP contribution in [0.5, 0.6) is 0 Å². The molecule has 1 aliphatic rings. The highest BCUT2D eigenvalue weighted by Crippen LogP contribution is 2.39. The van der Waals surface area contributed by atoms with Crippen LogP contribution >= 0.6 is 0 Å². The lowest BCUT2D eigenvalue weighted by atomic mass is 9.72. The van der Waals surface area contributed by atoms with Gasteiger partial charge in [-0.05, 0) is 26.7 Å². The molecule has 0 bridgehead atoms. The molecule has 0 fully saturated rings. The van der Waals surface area contributed by atoms with Crippen LogP contribution in [-0.2, 0) is 0 Å². The Hall–Kier alpha value is -0.780. The minimum absolute atomic E-state index is 0.0797. The Labute approximate surface area is 92.0 Å². The van der Waals surface area contributed by atoms with E-state index in [0.29, 0.717) is 6.42 Å². The molecule has 0 aliphatic heterocycles. The van der Waals surface area contributed by atoms with E-state index in [1.54, 1.807) is 6.92 Å². The van der Waals surface area contributed by atoms with Crippen molar-refractivity contribution < 1.29 is 10.2 Å². The second-order valence-corrected chi connectivity index (χ2v) is 5.05. The van der Waals surface area contributed by atoms with Crippen LogP contribution in [0.4, 0.5) is 0 Å². The van der Waals surface area contributed by atoms with Crippen LogP contribution in [0.2, 0.25) is 0 Å². The Morgan fingerprint density at radius 3 is 2.53 bits per heavy atom. The molecule has 0 saturated heterocycles. The van der Waals surface area contributed by atoms with Crippen LogP contribution in [-0.4, -0.2) is 22.4 Å². The van der Waals surface area contributed by atoms with Crippen LogP contribution < -0.4 is 0 Å². The van der Waals surface area contributed by atoms with Crippen molar-refractivity contribution >= 4 is 0 Å². The van der Waals surface area contributed by atoms with Crippen molar-refractivity contribution in [3.8, 4) is 11.8 Å². The number of hydrogen-bond donors (Lipinski definition) is 2. The third-order valence-electron chi connectivity index (χ3n) is 2.80. The van der Waals surface area contributed by atoms with E-state index in [0.717, 1.165) is 17.6 Å². The van der Waals surface area contributed by atoms with Crippen molar-refractivity contribution in [1.82, 2.24) is 0 Å². The van der Waals surface area contributed by atoms with Crippen LogP contribution in [0, 0.1) is 17.3 Å². The van der Waals surface area contributed by atoms with E-state index in [1.807, 2.05) is 6.92 Å². The first-order valence-electron chi connectivity index (χ1n) is 5.41. The summed E-state index contributed by atoms with van der Waals surface area (Å²) in [7, 11) is 0. The summed E-state index contributed by atoms with van der Waals surface area (Å²) >= 11 is 0. The summed E-state index contributed by atoms with van der Waals surface area (Å²) in [6.07, 6.45) is 0.603. The van der Waals surface area contributed by atoms with Gasteiger partial charge in [-0.25, -0.2) is 0 Å². The molecule has 2 heteroatoms. The molecule has 0 aromatic rings. The molecule has 1 rings (SSSR count). The van der Waals surface area contributed by atoms with Crippen molar-refractivity contribution in [1.29, 1.82) is 0 Å². The first-order valence-corrected chi connectivity index (χ1v) is 5.41. The van der Waals surface area contributed by atoms with Crippen LogP contribution in [0.1, 0.15) is 40.5 Å². The third-order valence-corrected chi connectivity index (χ3v) is 2.80. The zero-order valence-corrected chi connectivity index (χ0v) is 9.96. The Bertz CT molecular complexity index is 326. The smallest absolute Gasteiger partial charge is 0.112 e. The van der Waals surface area contributed by atoms with Gasteiger partial charge in [-0.1, -0.05) is 31.3 Å². The average Bonchev–Trinajstić information content (AvgIpc) is 1.98. The second-order valence-electron chi connectivity index (χ2n) is 5.05. The predicted octanol–water partition coefficient (Wildman–Crippen LogP) is 1.87. The molecule has 2 atom stereocenters. The first-order chi connectivity index (χ1) is 6.83. The van der Waals surface area contributed by atoms with Gasteiger partial charge in [0.1, 0.15) is 6.10 Å². The lowest BCUT2D eigenvalue weighted by molar-refractivity contribution is 0.117. The van der Waals surface area contributed by atoms with Crippen LogP contribution in [0.3, 0.4) is 0 Å². The van der Waals surface area contributed by atoms with E-state index in [1.165, 1.54) is 0 Å². The molecule has 0 unspecified atom stereocenters. The van der Waals surface area contributed by atoms with Crippen molar-refractivity contribution in [3.63, 3.8) is 0 Å². The van der Waals surface area contributed by atoms with Gasteiger partial charge in [-0.2, -0.15) is 0 Å². The summed E-state index contributed by atoms with van der Waals surface area (Å²) < 4.78 is 0. The topological polar surface area (TPSA) is 40.5 Å². The second kappa shape index (κ2) is 4.38. The molecule has 0 aromatic heterocycles. The van der Waals surface area contributed by atoms with Gasteiger partial charge in [0, 0.05) is 11.0 Å². The number of hydrogen-bond acceptors (Lipinski definition) is 2. The first kappa shape index (κ1) is 12.3. The summed E-state index contributed by atoms with van der Waals surface area (Å²) in [5, 5.41) is 18.8. The van der Waals surface area contributed by atoms with Crippen molar-refractivity contribution in [2.24, 2.45) is 5.41 Å². The molecule has 0 spiro atoms. The van der Waals surface area contributed by atoms with Gasteiger partial charge < -0.3 is 10.2 Å². The molecule has 84 valence electrons. The quantitative estimate of drug-likeness (QED) is 0.597. The fourth-order valence-electron chi connectivity index (χ4n) is 2.25. The fraction of sp³-hybridized carbons (Fsp3) is 0.692. The SMILES string of the molecule is CC1=C(C#C[C@H](C)O)C(C)(C)C[C@H](O)C1. The van der Waals surface area contributed by atoms with Crippen LogP contribution in [0.25, 0.3) is 0 Å². The highest BCUT2D eigenvalue weighted by atomic mass is 16.3. The Morgan fingerprint density at radius 2 is 2.07 bits per heavy atom. The van der Waals surface area contributed by atoms with E-state index in [2.05, 4.69) is 25.7 Å². The highest BCUT2D eigenvalue weighted by Gasteiger charge is 2.31. The van der Waals surface area contributed by atoms with E-state index >= 15 is 0 Å². The summed E-state index contributed by atoms with van der Waals surface area (Å²) in [6.45, 7) is 7.85. The third kappa shape index (κ3) is 3.09. The normalized spacial score (nSPS) is 26.9. The van der Waals surface area contributed by atoms with Gasteiger partial charge in [-0.3, -0.25) is 0 Å². The van der Waals surface area contributed by atoms with E-state index in [9.17, 15) is 5.11 Å². The Morgan fingerprint density at radius 1 is 1.47 bits per heavy atom. The highest BCUT2D eigenvalue weighted by molar-refractivity contribution is 5.40. The van der Waals surface area contributed by atoms with Gasteiger partial charge in [0.2, 0.25) is 0 Å². The maximum absolute atomic E-state index is 9.68. The van der Waals surface area contributed by atoms with Crippen molar-refractivity contribution in [3.05, 3.63) is 11.1 Å². The lowest BCUT2D eigenvalue weighted by Crippen LogP contribution is -2.28. The molecule has 15 heavy (non-hydrogen) atoms. The maximum Gasteiger partial charge on any atom is 0.112 e. The minimum Gasteiger partial charge on any atom is -0.393 e. The minimum atomic E-state index is -0.590. The number of allylic oxidation sites excluding steroid dienone is 1. The molecular weight excluding hydrogens is 188 g/mol.